The van der Waals surface area contributed by atoms with E-state index in [2.05, 4.69) is 22.2 Å². The van der Waals surface area contributed by atoms with Gasteiger partial charge in [-0.2, -0.15) is 0 Å². The van der Waals surface area contributed by atoms with Gasteiger partial charge in [-0.15, -0.1) is 0 Å². The van der Waals surface area contributed by atoms with Crippen molar-refractivity contribution in [3.05, 3.63) is 65.2 Å². The molecule has 0 spiro atoms. The van der Waals surface area contributed by atoms with Gasteiger partial charge in [0.25, 0.3) is 0 Å². The molecule has 2 heterocycles. The number of carbonyl (C=O) groups excluding carboxylic acids is 1. The van der Waals surface area contributed by atoms with E-state index in [1.165, 1.54) is 12.3 Å². The number of benzene rings is 1. The fourth-order valence-electron chi connectivity index (χ4n) is 3.64. The highest BCUT2D eigenvalue weighted by Crippen LogP contribution is 2.18. The van der Waals surface area contributed by atoms with Crippen LogP contribution in [0, 0.1) is 5.82 Å². The number of amides is 2. The smallest absolute Gasteiger partial charge is 0.318 e. The van der Waals surface area contributed by atoms with E-state index in [9.17, 15) is 9.18 Å². The fourth-order valence-corrected chi connectivity index (χ4v) is 3.64. The summed E-state index contributed by atoms with van der Waals surface area (Å²) < 4.78 is 18.9. The van der Waals surface area contributed by atoms with Crippen molar-refractivity contribution in [1.29, 1.82) is 0 Å². The van der Waals surface area contributed by atoms with Crippen LogP contribution in [-0.4, -0.2) is 53.1 Å². The minimum absolute atomic E-state index is 0.118. The molecule has 168 valence electrons. The number of halogens is 1. The van der Waals surface area contributed by atoms with E-state index >= 15 is 0 Å². The van der Waals surface area contributed by atoms with Crippen molar-refractivity contribution in [2.45, 2.75) is 58.5 Å². The molecule has 2 aromatic rings. The quantitative estimate of drug-likeness (QED) is 0.692. The molecule has 0 bridgehead atoms. The Morgan fingerprint density at radius 3 is 2.48 bits per heavy atom. The van der Waals surface area contributed by atoms with Gasteiger partial charge in [0.15, 0.2) is 0 Å². The molecule has 1 aromatic carbocycles. The van der Waals surface area contributed by atoms with Crippen LogP contribution in [0.2, 0.25) is 0 Å². The second-order valence-electron chi connectivity index (χ2n) is 8.47. The van der Waals surface area contributed by atoms with Crippen molar-refractivity contribution in [1.82, 2.24) is 20.1 Å². The maximum absolute atomic E-state index is 13.2. The number of carbonyl (C=O) groups is 1. The summed E-state index contributed by atoms with van der Waals surface area (Å²) >= 11 is 0. The lowest BCUT2D eigenvalue weighted by Crippen LogP contribution is -2.49. The Morgan fingerprint density at radius 1 is 1.19 bits per heavy atom. The summed E-state index contributed by atoms with van der Waals surface area (Å²) in [6.45, 7) is 7.33. The maximum atomic E-state index is 13.2. The summed E-state index contributed by atoms with van der Waals surface area (Å²) in [5.74, 6) is -0.374. The predicted molar refractivity (Wildman–Crippen MR) is 119 cm³/mol. The third kappa shape index (κ3) is 7.29. The lowest BCUT2D eigenvalue weighted by Gasteiger charge is -2.37. The molecule has 1 fully saturated rings. The third-order valence-electron chi connectivity index (χ3n) is 5.56. The van der Waals surface area contributed by atoms with Gasteiger partial charge in [-0.3, -0.25) is 4.98 Å². The first kappa shape index (κ1) is 23.2. The second kappa shape index (κ2) is 11.2. The number of hydrogen-bond donors (Lipinski definition) is 1. The number of aromatic nitrogens is 1. The van der Waals surface area contributed by atoms with Gasteiger partial charge in [0.2, 0.25) is 0 Å². The summed E-state index contributed by atoms with van der Waals surface area (Å²) in [4.78, 5) is 21.4. The number of pyridine rings is 1. The molecule has 1 N–H and O–H groups in total. The SMILES string of the molecule is CC(C)OCc1ccc(CNC(=O)N(Cc2ccc(F)cn2)C2CCN(C)CC2)cc1. The number of piperidine rings is 1. The molecule has 1 aliphatic heterocycles. The highest BCUT2D eigenvalue weighted by molar-refractivity contribution is 5.74. The zero-order valence-electron chi connectivity index (χ0n) is 18.7. The maximum Gasteiger partial charge on any atom is 0.318 e. The first-order chi connectivity index (χ1) is 14.9. The van der Waals surface area contributed by atoms with Gasteiger partial charge >= 0.3 is 6.03 Å². The van der Waals surface area contributed by atoms with Gasteiger partial charge < -0.3 is 19.9 Å². The molecule has 0 saturated carbocycles. The lowest BCUT2D eigenvalue weighted by molar-refractivity contribution is 0.0657. The molecule has 0 unspecified atom stereocenters. The van der Waals surface area contributed by atoms with Crippen LogP contribution in [0.3, 0.4) is 0 Å². The Kier molecular flexibility index (Phi) is 8.37. The summed E-state index contributed by atoms with van der Waals surface area (Å²) in [7, 11) is 2.10. The average Bonchev–Trinajstić information content (AvgIpc) is 2.77. The zero-order valence-corrected chi connectivity index (χ0v) is 18.7. The zero-order chi connectivity index (χ0) is 22.2. The number of hydrogen-bond acceptors (Lipinski definition) is 4. The van der Waals surface area contributed by atoms with Crippen LogP contribution in [0.4, 0.5) is 9.18 Å². The van der Waals surface area contributed by atoms with Crippen LogP contribution >= 0.6 is 0 Å². The first-order valence-electron chi connectivity index (χ1n) is 10.9. The third-order valence-corrected chi connectivity index (χ3v) is 5.56. The van der Waals surface area contributed by atoms with Crippen molar-refractivity contribution in [2.24, 2.45) is 0 Å². The molecular formula is C24H33FN4O2. The van der Waals surface area contributed by atoms with E-state index in [4.69, 9.17) is 4.74 Å². The molecule has 0 atom stereocenters. The normalized spacial score (nSPS) is 15.3. The van der Waals surface area contributed by atoms with Gasteiger partial charge in [0.1, 0.15) is 5.82 Å². The second-order valence-corrected chi connectivity index (χ2v) is 8.47. The van der Waals surface area contributed by atoms with Crippen LogP contribution in [-0.2, 0) is 24.4 Å². The minimum Gasteiger partial charge on any atom is -0.374 e. The van der Waals surface area contributed by atoms with E-state index in [1.807, 2.05) is 43.0 Å². The number of likely N-dealkylation sites (tertiary alicyclic amines) is 1. The number of nitrogens with one attached hydrogen (secondary N) is 1. The molecule has 3 rings (SSSR count). The van der Waals surface area contributed by atoms with E-state index < -0.39 is 0 Å². The van der Waals surface area contributed by atoms with Gasteiger partial charge in [0, 0.05) is 12.6 Å². The van der Waals surface area contributed by atoms with E-state index in [-0.39, 0.29) is 24.0 Å². The van der Waals surface area contributed by atoms with Gasteiger partial charge in [-0.1, -0.05) is 24.3 Å². The molecule has 31 heavy (non-hydrogen) atoms. The van der Waals surface area contributed by atoms with Crippen molar-refractivity contribution < 1.29 is 13.9 Å². The molecule has 1 aromatic heterocycles. The summed E-state index contributed by atoms with van der Waals surface area (Å²) in [6.07, 6.45) is 3.22. The fraction of sp³-hybridized carbons (Fsp3) is 0.500. The van der Waals surface area contributed by atoms with Crippen LogP contribution in [0.1, 0.15) is 43.5 Å². The topological polar surface area (TPSA) is 57.7 Å². The standard InChI is InChI=1S/C24H33FN4O2/c1-18(2)31-17-20-6-4-19(5-7-20)14-27-24(30)29(23-10-12-28(3)13-11-23)16-22-9-8-21(25)15-26-22/h4-9,15,18,23H,10-14,16-17H2,1-3H3,(H,27,30). The largest absolute Gasteiger partial charge is 0.374 e. The molecule has 0 aliphatic carbocycles. The Balaban J connectivity index is 1.61. The molecule has 1 aliphatic rings. The van der Waals surface area contributed by atoms with E-state index in [0.29, 0.717) is 25.4 Å². The number of urea groups is 1. The molecule has 1 saturated heterocycles. The Morgan fingerprint density at radius 2 is 1.87 bits per heavy atom. The number of rotatable bonds is 8. The van der Waals surface area contributed by atoms with Crippen LogP contribution in [0.15, 0.2) is 42.6 Å². The molecule has 2 amide bonds. The van der Waals surface area contributed by atoms with E-state index in [1.54, 1.807) is 6.07 Å². The summed E-state index contributed by atoms with van der Waals surface area (Å²) in [6, 6.07) is 11.1. The monoisotopic (exact) mass is 428 g/mol. The van der Waals surface area contributed by atoms with Crippen LogP contribution in [0.5, 0.6) is 0 Å². The van der Waals surface area contributed by atoms with Crippen LogP contribution < -0.4 is 5.32 Å². The summed E-state index contributed by atoms with van der Waals surface area (Å²) in [5, 5.41) is 3.05. The van der Waals surface area contributed by atoms with Gasteiger partial charge in [-0.25, -0.2) is 9.18 Å². The van der Waals surface area contributed by atoms with Crippen molar-refractivity contribution in [3.63, 3.8) is 0 Å². The summed E-state index contributed by atoms with van der Waals surface area (Å²) in [5.41, 5.74) is 2.83. The molecule has 0 radical (unpaired) electrons. The van der Waals surface area contributed by atoms with Gasteiger partial charge in [-0.05, 0) is 70.1 Å². The molecule has 6 nitrogen and oxygen atoms in total. The van der Waals surface area contributed by atoms with Crippen LogP contribution in [0.25, 0.3) is 0 Å². The Bertz CT molecular complexity index is 818. The van der Waals surface area contributed by atoms with Gasteiger partial charge in [0.05, 0.1) is 31.1 Å². The molecule has 7 heteroatoms. The highest BCUT2D eigenvalue weighted by Gasteiger charge is 2.27. The first-order valence-corrected chi connectivity index (χ1v) is 10.9. The Labute approximate surface area is 184 Å². The number of nitrogens with zero attached hydrogens (tertiary/aromatic N) is 3. The van der Waals surface area contributed by atoms with E-state index in [0.717, 1.165) is 37.1 Å². The highest BCUT2D eigenvalue weighted by atomic mass is 19.1. The minimum atomic E-state index is -0.374. The number of ether oxygens (including phenoxy) is 1. The average molecular weight is 429 g/mol. The van der Waals surface area contributed by atoms with Crippen molar-refractivity contribution in [3.8, 4) is 0 Å². The molecular weight excluding hydrogens is 395 g/mol. The Hall–Kier alpha value is -2.51. The predicted octanol–water partition coefficient (Wildman–Crippen LogP) is 3.95. The lowest BCUT2D eigenvalue weighted by atomic mass is 10.0. The van der Waals surface area contributed by atoms with Crippen molar-refractivity contribution >= 4 is 6.03 Å². The van der Waals surface area contributed by atoms with Crippen molar-refractivity contribution in [2.75, 3.05) is 20.1 Å².